The lowest BCUT2D eigenvalue weighted by Gasteiger charge is -2.33. The molecule has 1 fully saturated rings. The highest BCUT2D eigenvalue weighted by atomic mass is 16.6. The number of amides is 1. The zero-order valence-corrected chi connectivity index (χ0v) is 14.0. The molecule has 0 unspecified atom stereocenters. The van der Waals surface area contributed by atoms with Gasteiger partial charge >= 0.3 is 12.1 Å². The summed E-state index contributed by atoms with van der Waals surface area (Å²) in [6.45, 7) is 8.20. The van der Waals surface area contributed by atoms with Crippen molar-refractivity contribution < 1.29 is 19.4 Å². The van der Waals surface area contributed by atoms with Crippen molar-refractivity contribution in [3.63, 3.8) is 0 Å². The molecule has 3 N–H and O–H groups in total. The molecule has 0 spiro atoms. The first-order valence-corrected chi connectivity index (χ1v) is 7.66. The van der Waals surface area contributed by atoms with Crippen LogP contribution in [0, 0.1) is 6.92 Å². The van der Waals surface area contributed by atoms with Crippen LogP contribution >= 0.6 is 0 Å². The number of nitrogens with zero attached hydrogens (tertiary/aromatic N) is 3. The average Bonchev–Trinajstić information content (AvgIpc) is 2.74. The number of nitrogen functional groups attached to an aromatic ring is 1. The summed E-state index contributed by atoms with van der Waals surface area (Å²) in [4.78, 5) is 24.9. The average molecular weight is 324 g/mol. The summed E-state index contributed by atoms with van der Waals surface area (Å²) in [5.74, 6) is -0.711. The number of carboxylic acids is 1. The van der Waals surface area contributed by atoms with Crippen LogP contribution in [0.2, 0.25) is 0 Å². The van der Waals surface area contributed by atoms with Crippen LogP contribution in [0.1, 0.15) is 55.7 Å². The zero-order valence-electron chi connectivity index (χ0n) is 14.0. The van der Waals surface area contributed by atoms with E-state index in [4.69, 9.17) is 15.6 Å². The molecule has 1 aliphatic heterocycles. The van der Waals surface area contributed by atoms with Crippen molar-refractivity contribution in [1.29, 1.82) is 0 Å². The molecular weight excluding hydrogens is 300 g/mol. The van der Waals surface area contributed by atoms with Gasteiger partial charge < -0.3 is 20.5 Å². The molecule has 128 valence electrons. The summed E-state index contributed by atoms with van der Waals surface area (Å²) < 4.78 is 6.93. The molecular formula is C15H24N4O4. The number of carboxylic acid groups (broad SMARTS) is 1. The van der Waals surface area contributed by atoms with Gasteiger partial charge in [0.2, 0.25) is 0 Å². The Morgan fingerprint density at radius 1 is 1.30 bits per heavy atom. The Balaban J connectivity index is 2.04. The molecule has 2 rings (SSSR count). The Bertz CT molecular complexity index is 610. The first-order chi connectivity index (χ1) is 10.6. The van der Waals surface area contributed by atoms with Crippen molar-refractivity contribution in [2.24, 2.45) is 0 Å². The van der Waals surface area contributed by atoms with Gasteiger partial charge in [-0.1, -0.05) is 0 Å². The van der Waals surface area contributed by atoms with Gasteiger partial charge in [-0.15, -0.1) is 0 Å². The molecule has 2 heterocycles. The number of anilines is 1. The van der Waals surface area contributed by atoms with Gasteiger partial charge in [0.15, 0.2) is 5.69 Å². The second kappa shape index (κ2) is 6.10. The number of likely N-dealkylation sites (tertiary alicyclic amines) is 1. The fraction of sp³-hybridized carbons (Fsp3) is 0.667. The number of aromatic carboxylic acids is 1. The van der Waals surface area contributed by atoms with E-state index in [2.05, 4.69) is 5.10 Å². The van der Waals surface area contributed by atoms with Crippen LogP contribution in [0.15, 0.2) is 0 Å². The Hall–Kier alpha value is -2.25. The Morgan fingerprint density at radius 3 is 2.30 bits per heavy atom. The smallest absolute Gasteiger partial charge is 0.410 e. The van der Waals surface area contributed by atoms with Crippen LogP contribution in [0.5, 0.6) is 0 Å². The topological polar surface area (TPSA) is 111 Å². The summed E-state index contributed by atoms with van der Waals surface area (Å²) >= 11 is 0. The predicted octanol–water partition coefficient (Wildman–Crippen LogP) is 2.04. The van der Waals surface area contributed by atoms with E-state index in [0.29, 0.717) is 37.3 Å². The molecule has 0 bridgehead atoms. The first kappa shape index (κ1) is 17.1. The molecule has 1 saturated heterocycles. The quantitative estimate of drug-likeness (QED) is 0.861. The summed E-state index contributed by atoms with van der Waals surface area (Å²) in [7, 11) is 0. The lowest BCUT2D eigenvalue weighted by atomic mass is 10.1. The van der Waals surface area contributed by atoms with Gasteiger partial charge in [0.1, 0.15) is 11.4 Å². The first-order valence-electron chi connectivity index (χ1n) is 7.66. The molecule has 1 amide bonds. The summed E-state index contributed by atoms with van der Waals surface area (Å²) in [5, 5.41) is 13.2. The van der Waals surface area contributed by atoms with E-state index in [0.717, 1.165) is 0 Å². The maximum absolute atomic E-state index is 12.1. The Morgan fingerprint density at radius 2 is 1.87 bits per heavy atom. The van der Waals surface area contributed by atoms with E-state index in [1.807, 2.05) is 20.8 Å². The summed E-state index contributed by atoms with van der Waals surface area (Å²) in [5.41, 5.74) is 5.92. The highest BCUT2D eigenvalue weighted by molar-refractivity contribution is 5.88. The third-order valence-corrected chi connectivity index (χ3v) is 3.86. The fourth-order valence-electron chi connectivity index (χ4n) is 2.63. The molecule has 1 aromatic rings. The highest BCUT2D eigenvalue weighted by Gasteiger charge is 2.30. The Labute approximate surface area is 135 Å². The van der Waals surface area contributed by atoms with Crippen molar-refractivity contribution in [2.75, 3.05) is 18.8 Å². The number of ether oxygens (including phenoxy) is 1. The number of rotatable bonds is 2. The third-order valence-electron chi connectivity index (χ3n) is 3.86. The van der Waals surface area contributed by atoms with Gasteiger partial charge in [-0.2, -0.15) is 5.10 Å². The minimum absolute atomic E-state index is 0.0134. The zero-order chi connectivity index (χ0) is 17.4. The Kier molecular flexibility index (Phi) is 4.53. The number of piperidine rings is 1. The summed E-state index contributed by atoms with van der Waals surface area (Å²) in [6, 6.07) is -0.0134. The molecule has 0 radical (unpaired) electrons. The number of hydrogen-bond acceptors (Lipinski definition) is 5. The van der Waals surface area contributed by atoms with Crippen LogP contribution in [0.3, 0.4) is 0 Å². The molecule has 1 aromatic heterocycles. The monoisotopic (exact) mass is 324 g/mol. The van der Waals surface area contributed by atoms with E-state index < -0.39 is 11.6 Å². The SMILES string of the molecule is Cc1c(C(=O)O)nn(C2CCN(C(=O)OC(C)(C)C)CC2)c1N. The van der Waals surface area contributed by atoms with E-state index >= 15 is 0 Å². The number of hydrogen-bond donors (Lipinski definition) is 2. The maximum Gasteiger partial charge on any atom is 0.410 e. The number of carbonyl (C=O) groups is 2. The van der Waals surface area contributed by atoms with Crippen molar-refractivity contribution >= 4 is 17.9 Å². The van der Waals surface area contributed by atoms with Gasteiger partial charge in [-0.05, 0) is 40.5 Å². The van der Waals surface area contributed by atoms with E-state index in [9.17, 15) is 9.59 Å². The normalized spacial score (nSPS) is 16.4. The number of nitrogens with two attached hydrogens (primary N) is 1. The summed E-state index contributed by atoms with van der Waals surface area (Å²) in [6.07, 6.45) is 0.986. The third kappa shape index (κ3) is 3.75. The van der Waals surface area contributed by atoms with E-state index in [-0.39, 0.29) is 17.8 Å². The van der Waals surface area contributed by atoms with Crippen molar-refractivity contribution in [3.8, 4) is 0 Å². The molecule has 1 aliphatic rings. The molecule has 0 aliphatic carbocycles. The minimum atomic E-state index is -1.08. The molecule has 0 saturated carbocycles. The molecule has 0 aromatic carbocycles. The number of aromatic nitrogens is 2. The van der Waals surface area contributed by atoms with Crippen LogP contribution in [-0.4, -0.2) is 50.5 Å². The molecule has 0 atom stereocenters. The van der Waals surface area contributed by atoms with Crippen LogP contribution in [0.4, 0.5) is 10.6 Å². The van der Waals surface area contributed by atoms with Crippen LogP contribution < -0.4 is 5.73 Å². The van der Waals surface area contributed by atoms with Crippen molar-refractivity contribution in [1.82, 2.24) is 14.7 Å². The lowest BCUT2D eigenvalue weighted by Crippen LogP contribution is -2.42. The molecule has 23 heavy (non-hydrogen) atoms. The van der Waals surface area contributed by atoms with Gasteiger partial charge in [-0.3, -0.25) is 0 Å². The van der Waals surface area contributed by atoms with Crippen molar-refractivity contribution in [2.45, 2.75) is 52.2 Å². The van der Waals surface area contributed by atoms with Gasteiger partial charge in [-0.25, -0.2) is 14.3 Å². The standard InChI is InChI=1S/C15H24N4O4/c1-9-11(13(20)21)17-19(12(9)16)10-5-7-18(8-6-10)14(22)23-15(2,3)4/h10H,5-8,16H2,1-4H3,(H,20,21). The second-order valence-corrected chi connectivity index (χ2v) is 6.81. The highest BCUT2D eigenvalue weighted by Crippen LogP contribution is 2.28. The minimum Gasteiger partial charge on any atom is -0.476 e. The van der Waals surface area contributed by atoms with Gasteiger partial charge in [0.25, 0.3) is 0 Å². The number of carbonyl (C=O) groups excluding carboxylic acids is 1. The lowest BCUT2D eigenvalue weighted by molar-refractivity contribution is 0.0185. The fourth-order valence-corrected chi connectivity index (χ4v) is 2.63. The predicted molar refractivity (Wildman–Crippen MR) is 84.4 cm³/mol. The van der Waals surface area contributed by atoms with Gasteiger partial charge in [0.05, 0.1) is 6.04 Å². The van der Waals surface area contributed by atoms with Crippen LogP contribution in [-0.2, 0) is 4.74 Å². The molecule has 8 heteroatoms. The van der Waals surface area contributed by atoms with E-state index in [1.165, 1.54) is 0 Å². The van der Waals surface area contributed by atoms with Crippen molar-refractivity contribution in [3.05, 3.63) is 11.3 Å². The molecule has 8 nitrogen and oxygen atoms in total. The van der Waals surface area contributed by atoms with Crippen LogP contribution in [0.25, 0.3) is 0 Å². The van der Waals surface area contributed by atoms with Gasteiger partial charge in [0, 0.05) is 18.7 Å². The maximum atomic E-state index is 12.1. The largest absolute Gasteiger partial charge is 0.476 e. The second-order valence-electron chi connectivity index (χ2n) is 6.81. The van der Waals surface area contributed by atoms with E-state index in [1.54, 1.807) is 16.5 Å².